The van der Waals surface area contributed by atoms with Gasteiger partial charge in [-0.25, -0.2) is 0 Å². The minimum Gasteiger partial charge on any atom is -0.494 e. The van der Waals surface area contributed by atoms with Gasteiger partial charge in [0.15, 0.2) is 0 Å². The Labute approximate surface area is 120 Å². The Morgan fingerprint density at radius 2 is 2.30 bits per heavy atom. The van der Waals surface area contributed by atoms with Crippen LogP contribution in [0.4, 0.5) is 0 Å². The van der Waals surface area contributed by atoms with Gasteiger partial charge in [0.2, 0.25) is 5.91 Å². The summed E-state index contributed by atoms with van der Waals surface area (Å²) in [5, 5.41) is 9.84. The predicted octanol–water partition coefficient (Wildman–Crippen LogP) is 2.14. The highest BCUT2D eigenvalue weighted by Gasteiger charge is 2.33. The molecule has 0 radical (unpaired) electrons. The molecular weight excluding hydrogens is 254 g/mol. The number of carbonyl (C=O) groups excluding carboxylic acids is 1. The van der Waals surface area contributed by atoms with E-state index in [4.69, 9.17) is 4.74 Å². The highest BCUT2D eigenvalue weighted by atomic mass is 16.5. The van der Waals surface area contributed by atoms with Gasteiger partial charge in [-0.05, 0) is 44.4 Å². The molecule has 20 heavy (non-hydrogen) atoms. The number of β-amino-alcohol motifs (C(OH)–C–C–N with tert-alkyl or cyclic N) is 1. The molecule has 0 spiro atoms. The van der Waals surface area contributed by atoms with Crippen molar-refractivity contribution in [2.24, 2.45) is 0 Å². The lowest BCUT2D eigenvalue weighted by atomic mass is 10.1. The Kier molecular flexibility index (Phi) is 4.65. The molecule has 110 valence electrons. The molecule has 1 aromatic rings. The van der Waals surface area contributed by atoms with Crippen LogP contribution in [-0.2, 0) is 4.79 Å². The van der Waals surface area contributed by atoms with Gasteiger partial charge in [0.1, 0.15) is 5.75 Å². The van der Waals surface area contributed by atoms with Crippen molar-refractivity contribution in [2.45, 2.75) is 38.7 Å². The normalized spacial score (nSPS) is 22.1. The lowest BCUT2D eigenvalue weighted by molar-refractivity contribution is -0.131. The molecule has 1 heterocycles. The van der Waals surface area contributed by atoms with Crippen molar-refractivity contribution >= 4 is 5.91 Å². The molecule has 1 saturated heterocycles. The van der Waals surface area contributed by atoms with Gasteiger partial charge in [0.05, 0.1) is 12.2 Å². The molecule has 0 bridgehead atoms. The largest absolute Gasteiger partial charge is 0.494 e. The molecule has 2 rings (SSSR count). The average Bonchev–Trinajstić information content (AvgIpc) is 2.75. The van der Waals surface area contributed by atoms with E-state index in [0.29, 0.717) is 39.0 Å². The number of aliphatic hydroxyl groups is 1. The molecule has 1 amide bonds. The molecule has 1 fully saturated rings. The first-order chi connectivity index (χ1) is 9.46. The van der Waals surface area contributed by atoms with Crippen LogP contribution >= 0.6 is 0 Å². The first kappa shape index (κ1) is 14.9. The second-order valence-electron chi connectivity index (χ2n) is 5.83. The standard InChI is InChI=1S/C16H23NO3/c1-13-5-3-6-14(11-13)20-10-4-7-15(18)17-9-8-16(2,19)12-17/h3,5-6,11,19H,4,7-10,12H2,1-2H3. The van der Waals surface area contributed by atoms with E-state index in [2.05, 4.69) is 0 Å². The van der Waals surface area contributed by atoms with Crippen LogP contribution in [-0.4, -0.2) is 41.2 Å². The predicted molar refractivity (Wildman–Crippen MR) is 77.7 cm³/mol. The maximum absolute atomic E-state index is 12.0. The lowest BCUT2D eigenvalue weighted by Gasteiger charge is -2.19. The van der Waals surface area contributed by atoms with E-state index in [1.807, 2.05) is 31.2 Å². The van der Waals surface area contributed by atoms with Crippen LogP contribution in [0, 0.1) is 6.92 Å². The third-order valence-electron chi connectivity index (χ3n) is 3.60. The second-order valence-corrected chi connectivity index (χ2v) is 5.83. The summed E-state index contributed by atoms with van der Waals surface area (Å²) in [5.41, 5.74) is 0.450. The van der Waals surface area contributed by atoms with Gasteiger partial charge in [0.25, 0.3) is 0 Å². The highest BCUT2D eigenvalue weighted by Crippen LogP contribution is 2.21. The Balaban J connectivity index is 1.67. The van der Waals surface area contributed by atoms with Gasteiger partial charge in [-0.1, -0.05) is 12.1 Å². The minimum absolute atomic E-state index is 0.107. The van der Waals surface area contributed by atoms with Crippen LogP contribution in [0.25, 0.3) is 0 Å². The maximum atomic E-state index is 12.0. The zero-order chi connectivity index (χ0) is 14.6. The molecule has 1 aliphatic heterocycles. The summed E-state index contributed by atoms with van der Waals surface area (Å²) in [5.74, 6) is 0.956. The second kappa shape index (κ2) is 6.27. The van der Waals surface area contributed by atoms with Gasteiger partial charge >= 0.3 is 0 Å². The van der Waals surface area contributed by atoms with Crippen LogP contribution in [0.15, 0.2) is 24.3 Å². The van der Waals surface area contributed by atoms with Crippen molar-refractivity contribution < 1.29 is 14.6 Å². The van der Waals surface area contributed by atoms with Gasteiger partial charge in [0, 0.05) is 19.5 Å². The number of benzene rings is 1. The summed E-state index contributed by atoms with van der Waals surface area (Å²) < 4.78 is 5.62. The zero-order valence-electron chi connectivity index (χ0n) is 12.3. The van der Waals surface area contributed by atoms with Crippen molar-refractivity contribution in [1.82, 2.24) is 4.90 Å². The van der Waals surface area contributed by atoms with Crippen molar-refractivity contribution in [3.63, 3.8) is 0 Å². The highest BCUT2D eigenvalue weighted by molar-refractivity contribution is 5.76. The molecule has 4 nitrogen and oxygen atoms in total. The van der Waals surface area contributed by atoms with Crippen molar-refractivity contribution in [2.75, 3.05) is 19.7 Å². The summed E-state index contributed by atoms with van der Waals surface area (Å²) >= 11 is 0. The summed E-state index contributed by atoms with van der Waals surface area (Å²) in [6.07, 6.45) is 1.84. The molecule has 1 aliphatic rings. The van der Waals surface area contributed by atoms with Crippen LogP contribution < -0.4 is 4.74 Å². The zero-order valence-corrected chi connectivity index (χ0v) is 12.3. The summed E-state index contributed by atoms with van der Waals surface area (Å²) in [6.45, 7) is 5.45. The van der Waals surface area contributed by atoms with Crippen molar-refractivity contribution in [3.8, 4) is 5.75 Å². The Morgan fingerprint density at radius 1 is 1.50 bits per heavy atom. The molecule has 4 heteroatoms. The van der Waals surface area contributed by atoms with Gasteiger partial charge < -0.3 is 14.7 Å². The van der Waals surface area contributed by atoms with Crippen LogP contribution in [0.2, 0.25) is 0 Å². The molecule has 1 aromatic carbocycles. The van der Waals surface area contributed by atoms with Gasteiger partial charge in [-0.3, -0.25) is 4.79 Å². The molecule has 0 aliphatic carbocycles. The third-order valence-corrected chi connectivity index (χ3v) is 3.60. The fourth-order valence-electron chi connectivity index (χ4n) is 2.43. The van der Waals surface area contributed by atoms with Crippen LogP contribution in [0.1, 0.15) is 31.7 Å². The average molecular weight is 277 g/mol. The van der Waals surface area contributed by atoms with E-state index in [1.54, 1.807) is 11.8 Å². The number of likely N-dealkylation sites (tertiary alicyclic amines) is 1. The monoisotopic (exact) mass is 277 g/mol. The number of amides is 1. The first-order valence-corrected chi connectivity index (χ1v) is 7.16. The number of nitrogens with zero attached hydrogens (tertiary/aromatic N) is 1. The maximum Gasteiger partial charge on any atom is 0.222 e. The minimum atomic E-state index is -0.715. The summed E-state index contributed by atoms with van der Waals surface area (Å²) in [4.78, 5) is 13.7. The molecule has 1 unspecified atom stereocenters. The Morgan fingerprint density at radius 3 is 2.95 bits per heavy atom. The number of rotatable bonds is 5. The lowest BCUT2D eigenvalue weighted by Crippen LogP contribution is -2.33. The summed E-state index contributed by atoms with van der Waals surface area (Å²) in [7, 11) is 0. The van der Waals surface area contributed by atoms with Crippen molar-refractivity contribution in [3.05, 3.63) is 29.8 Å². The number of hydrogen-bond donors (Lipinski definition) is 1. The first-order valence-electron chi connectivity index (χ1n) is 7.16. The molecular formula is C16H23NO3. The van der Waals surface area contributed by atoms with Gasteiger partial charge in [-0.2, -0.15) is 0 Å². The van der Waals surface area contributed by atoms with E-state index in [1.165, 1.54) is 0 Å². The molecule has 1 N–H and O–H groups in total. The van der Waals surface area contributed by atoms with Gasteiger partial charge in [-0.15, -0.1) is 0 Å². The fourth-order valence-corrected chi connectivity index (χ4v) is 2.43. The number of carbonyl (C=O) groups is 1. The SMILES string of the molecule is Cc1cccc(OCCCC(=O)N2CCC(C)(O)C2)c1. The smallest absolute Gasteiger partial charge is 0.222 e. The molecule has 1 atom stereocenters. The quantitative estimate of drug-likeness (QED) is 0.839. The number of hydrogen-bond acceptors (Lipinski definition) is 3. The van der Waals surface area contributed by atoms with E-state index >= 15 is 0 Å². The Hall–Kier alpha value is -1.55. The Bertz CT molecular complexity index is 471. The van der Waals surface area contributed by atoms with Crippen LogP contribution in [0.3, 0.4) is 0 Å². The molecule has 0 aromatic heterocycles. The van der Waals surface area contributed by atoms with E-state index in [0.717, 1.165) is 11.3 Å². The summed E-state index contributed by atoms with van der Waals surface area (Å²) in [6, 6.07) is 7.89. The van der Waals surface area contributed by atoms with Crippen LogP contribution in [0.5, 0.6) is 5.75 Å². The fraction of sp³-hybridized carbons (Fsp3) is 0.562. The topological polar surface area (TPSA) is 49.8 Å². The molecule has 0 saturated carbocycles. The number of ether oxygens (including phenoxy) is 1. The third kappa shape index (κ3) is 4.23. The number of aryl methyl sites for hydroxylation is 1. The van der Waals surface area contributed by atoms with E-state index in [9.17, 15) is 9.90 Å². The van der Waals surface area contributed by atoms with Crippen molar-refractivity contribution in [1.29, 1.82) is 0 Å². The van der Waals surface area contributed by atoms with E-state index in [-0.39, 0.29) is 5.91 Å². The van der Waals surface area contributed by atoms with E-state index < -0.39 is 5.60 Å².